The molecule has 73 heavy (non-hydrogen) atoms. The van der Waals surface area contributed by atoms with Crippen molar-refractivity contribution in [3.63, 3.8) is 0 Å². The zero-order valence-electron chi connectivity index (χ0n) is 49.7. The first-order valence-electron chi connectivity index (χ1n) is 31.2. The van der Waals surface area contributed by atoms with E-state index in [9.17, 15) is 15.6 Å². The summed E-state index contributed by atoms with van der Waals surface area (Å²) < 4.78 is 4.08. The Hall–Kier alpha value is -2.44. The zero-order valence-corrected chi connectivity index (χ0v) is 51.2. The molecule has 0 unspecified atom stereocenters. The van der Waals surface area contributed by atoms with Crippen LogP contribution in [0.4, 0.5) is 0 Å². The third-order valence-corrected chi connectivity index (χ3v) is 14.2. The molecule has 0 aliphatic heterocycles. The van der Waals surface area contributed by atoms with E-state index >= 15 is 0 Å². The molecule has 0 aliphatic rings. The first-order chi connectivity index (χ1) is 35.3. The number of aryl methyl sites for hydroxylation is 3. The number of aromatic nitrogens is 3. The molecule has 0 radical (unpaired) electrons. The molecule has 0 saturated heterocycles. The van der Waals surface area contributed by atoms with Crippen LogP contribution in [0.25, 0.3) is 0 Å². The van der Waals surface area contributed by atoms with Gasteiger partial charge in [0.1, 0.15) is 0 Å². The fraction of sp³-hybridized carbons (Fsp3) is 0.758. The van der Waals surface area contributed by atoms with E-state index in [1.807, 2.05) is 38.5 Å². The average Bonchev–Trinajstić information content (AvgIpc) is 3.38. The quantitative estimate of drug-likeness (QED) is 0.0174. The Morgan fingerprint density at radius 3 is 0.644 bits per heavy atom. The van der Waals surface area contributed by atoms with Gasteiger partial charge in [0.05, 0.1) is 0 Å². The van der Waals surface area contributed by atoms with Crippen LogP contribution in [0.5, 0.6) is 0 Å². The Morgan fingerprint density at radius 1 is 0.288 bits per heavy atom. The van der Waals surface area contributed by atoms with E-state index in [4.69, 9.17) is 0 Å². The molecule has 0 aliphatic carbocycles. The van der Waals surface area contributed by atoms with Gasteiger partial charge in [-0.3, -0.25) is 15.6 Å². The standard InChI is InChI=1S/3C21H38NO.C3H7.Ti/c3*1-3-5-7-9-11-13-16-20-17-15-19-22(23)21(20)18-14-12-10-8-6-4-2;1-3-2;/h3*15,17,19,23H,3-14,16,18H2,1-2H3;3H,1-2H3;/q3*+1;-1;. The summed E-state index contributed by atoms with van der Waals surface area (Å²) in [4.78, 5) is 0. The maximum absolute atomic E-state index is 10.1. The van der Waals surface area contributed by atoms with Crippen molar-refractivity contribution in [1.29, 1.82) is 0 Å². The molecule has 0 spiro atoms. The van der Waals surface area contributed by atoms with Gasteiger partial charge < -0.3 is 6.42 Å². The van der Waals surface area contributed by atoms with Crippen LogP contribution in [0, 0.1) is 6.42 Å². The van der Waals surface area contributed by atoms with Gasteiger partial charge >= 0.3 is 0 Å². The van der Waals surface area contributed by atoms with Crippen molar-refractivity contribution in [2.75, 3.05) is 0 Å². The minimum Gasteiger partial charge on any atom is -0.335 e. The van der Waals surface area contributed by atoms with Crippen LogP contribution in [0.1, 0.15) is 320 Å². The first-order valence-corrected chi connectivity index (χ1v) is 31.2. The second kappa shape index (κ2) is 55.8. The van der Waals surface area contributed by atoms with Crippen molar-refractivity contribution in [2.24, 2.45) is 0 Å². The molecule has 0 aromatic carbocycles. The van der Waals surface area contributed by atoms with E-state index in [0.717, 1.165) is 55.6 Å². The molecule has 3 aromatic heterocycles. The molecule has 6 nitrogen and oxygen atoms in total. The van der Waals surface area contributed by atoms with E-state index in [2.05, 4.69) is 59.7 Å². The number of rotatable bonds is 42. The summed E-state index contributed by atoms with van der Waals surface area (Å²) in [5, 5.41) is 30.4. The van der Waals surface area contributed by atoms with Crippen LogP contribution < -0.4 is 14.2 Å². The van der Waals surface area contributed by atoms with E-state index < -0.39 is 0 Å². The maximum Gasteiger partial charge on any atom is 0.237 e. The molecular weight excluding hydrogens is 931 g/mol. The molecule has 0 bridgehead atoms. The predicted molar refractivity (Wildman–Crippen MR) is 310 cm³/mol. The third kappa shape index (κ3) is 41.4. The van der Waals surface area contributed by atoms with Gasteiger partial charge in [-0.05, 0) is 76.0 Å². The molecule has 3 N–H and O–H groups in total. The van der Waals surface area contributed by atoms with Crippen LogP contribution >= 0.6 is 0 Å². The Bertz CT molecular complexity index is 1420. The number of nitrogens with zero attached hydrogens (tertiary/aromatic N) is 3. The summed E-state index contributed by atoms with van der Waals surface area (Å²) in [6.07, 6.45) is 61.0. The second-order valence-corrected chi connectivity index (χ2v) is 21.2. The van der Waals surface area contributed by atoms with Crippen LogP contribution in [0.15, 0.2) is 55.0 Å². The van der Waals surface area contributed by atoms with Crippen molar-refractivity contribution in [3.05, 3.63) is 95.2 Å². The largest absolute Gasteiger partial charge is 0.335 e. The van der Waals surface area contributed by atoms with Crippen molar-refractivity contribution >= 4 is 0 Å². The van der Waals surface area contributed by atoms with Gasteiger partial charge in [0, 0.05) is 90.1 Å². The number of hydrogen-bond acceptors (Lipinski definition) is 3. The second-order valence-electron chi connectivity index (χ2n) is 21.2. The maximum atomic E-state index is 10.1. The Morgan fingerprint density at radius 2 is 0.452 bits per heavy atom. The minimum absolute atomic E-state index is 0. The molecular formula is C66H121N3O3Ti+2. The van der Waals surface area contributed by atoms with Crippen molar-refractivity contribution in [1.82, 2.24) is 0 Å². The molecule has 3 heterocycles. The third-order valence-electron chi connectivity index (χ3n) is 14.2. The van der Waals surface area contributed by atoms with Crippen molar-refractivity contribution < 1.29 is 51.5 Å². The zero-order chi connectivity index (χ0) is 53.0. The predicted octanol–water partition coefficient (Wildman–Crippen LogP) is 19.3. The van der Waals surface area contributed by atoms with Gasteiger partial charge in [-0.2, -0.15) is 13.8 Å². The van der Waals surface area contributed by atoms with Gasteiger partial charge in [-0.15, -0.1) is 0 Å². The van der Waals surface area contributed by atoms with E-state index in [0.29, 0.717) is 0 Å². The Labute approximate surface area is 469 Å². The molecule has 7 heteroatoms. The van der Waals surface area contributed by atoms with E-state index in [1.165, 1.54) is 262 Å². The summed E-state index contributed by atoms with van der Waals surface area (Å²) in [6.45, 7) is 17.6. The van der Waals surface area contributed by atoms with Gasteiger partial charge in [0.2, 0.25) is 35.7 Å². The summed E-state index contributed by atoms with van der Waals surface area (Å²) in [5.74, 6) is 0. The van der Waals surface area contributed by atoms with Crippen molar-refractivity contribution in [3.8, 4) is 0 Å². The Balaban J connectivity index is 0. The first kappa shape index (κ1) is 72.6. The summed E-state index contributed by atoms with van der Waals surface area (Å²) >= 11 is 0. The smallest absolute Gasteiger partial charge is 0.237 e. The minimum atomic E-state index is 0. The van der Waals surface area contributed by atoms with Gasteiger partial charge in [-0.25, -0.2) is 0 Å². The van der Waals surface area contributed by atoms with Crippen LogP contribution in [-0.2, 0) is 60.2 Å². The van der Waals surface area contributed by atoms with Gasteiger partial charge in [0.15, 0.2) is 0 Å². The molecule has 0 atom stereocenters. The molecule has 0 fully saturated rings. The fourth-order valence-electron chi connectivity index (χ4n) is 9.74. The van der Waals surface area contributed by atoms with E-state index in [-0.39, 0.29) is 21.7 Å². The Kier molecular flexibility index (Phi) is 55.5. The van der Waals surface area contributed by atoms with Gasteiger partial charge in [0.25, 0.3) is 0 Å². The van der Waals surface area contributed by atoms with E-state index in [1.54, 1.807) is 18.6 Å². The molecule has 0 amide bonds. The average molecular weight is 1050 g/mol. The topological polar surface area (TPSA) is 72.3 Å². The molecule has 3 rings (SSSR count). The summed E-state index contributed by atoms with van der Waals surface area (Å²) in [6, 6.07) is 12.5. The summed E-state index contributed by atoms with van der Waals surface area (Å²) in [5.41, 5.74) is 7.45. The summed E-state index contributed by atoms with van der Waals surface area (Å²) in [7, 11) is 0. The van der Waals surface area contributed by atoms with Crippen LogP contribution in [0.2, 0.25) is 0 Å². The molecule has 420 valence electrons. The molecule has 3 aromatic rings. The number of hydrogen-bond donors (Lipinski definition) is 3. The van der Waals surface area contributed by atoms with Crippen molar-refractivity contribution in [2.45, 2.75) is 325 Å². The normalized spacial score (nSPS) is 10.7. The van der Waals surface area contributed by atoms with Crippen LogP contribution in [-0.4, -0.2) is 15.6 Å². The van der Waals surface area contributed by atoms with Crippen LogP contribution in [0.3, 0.4) is 0 Å². The molecule has 0 saturated carbocycles. The van der Waals surface area contributed by atoms with Gasteiger partial charge in [-0.1, -0.05) is 234 Å². The monoisotopic (exact) mass is 1050 g/mol. The number of pyridine rings is 3. The fourth-order valence-corrected chi connectivity index (χ4v) is 9.74. The number of unbranched alkanes of at least 4 members (excludes halogenated alkanes) is 30. The SMILES string of the molecule is CCCCCCCCc1ccc[n+](O)c1CCCCCCCC.CCCCCCCCc1ccc[n+](O)c1CCCCCCCC.CCCCCCCCc1ccc[n+](O)c1CCCCCCCC.C[CH-]C.[Ti].